The third-order valence-electron chi connectivity index (χ3n) is 4.20. The van der Waals surface area contributed by atoms with Crippen LogP contribution < -0.4 is 10.6 Å². The summed E-state index contributed by atoms with van der Waals surface area (Å²) >= 11 is 0. The molecule has 0 saturated heterocycles. The van der Waals surface area contributed by atoms with Gasteiger partial charge in [-0.05, 0) is 43.4 Å². The van der Waals surface area contributed by atoms with Crippen molar-refractivity contribution in [3.05, 3.63) is 29.8 Å². The van der Waals surface area contributed by atoms with Gasteiger partial charge >= 0.3 is 6.03 Å². The van der Waals surface area contributed by atoms with Crippen molar-refractivity contribution in [2.45, 2.75) is 51.6 Å². The standard InChI is InChI=1S/C17H26N2O2/c1-13(20)15-8-10-16(11-9-15)19-17(21)18-12-4-7-14-5-2-3-6-14/h8-11,13-14,20H,2-7,12H2,1H3,(H2,18,19,21). The van der Waals surface area contributed by atoms with E-state index in [0.717, 1.165) is 30.1 Å². The SMILES string of the molecule is CC(O)c1ccc(NC(=O)NCCCC2CCCC2)cc1. The van der Waals surface area contributed by atoms with Gasteiger partial charge in [0.15, 0.2) is 0 Å². The lowest BCUT2D eigenvalue weighted by Crippen LogP contribution is -2.29. The number of benzene rings is 1. The quantitative estimate of drug-likeness (QED) is 0.697. The topological polar surface area (TPSA) is 61.4 Å². The molecule has 0 heterocycles. The molecule has 21 heavy (non-hydrogen) atoms. The van der Waals surface area contributed by atoms with Gasteiger partial charge in [0.2, 0.25) is 0 Å². The zero-order valence-corrected chi connectivity index (χ0v) is 12.8. The maximum atomic E-state index is 11.8. The van der Waals surface area contributed by atoms with Gasteiger partial charge in [-0.2, -0.15) is 0 Å². The Bertz CT molecular complexity index is 437. The van der Waals surface area contributed by atoms with E-state index in [0.29, 0.717) is 0 Å². The van der Waals surface area contributed by atoms with Crippen molar-refractivity contribution in [2.24, 2.45) is 5.92 Å². The fraction of sp³-hybridized carbons (Fsp3) is 0.588. The Balaban J connectivity index is 1.64. The number of anilines is 1. The predicted octanol–water partition coefficient (Wildman–Crippen LogP) is 3.83. The summed E-state index contributed by atoms with van der Waals surface area (Å²) in [5.41, 5.74) is 1.59. The molecule has 3 N–H and O–H groups in total. The second kappa shape index (κ2) is 8.03. The summed E-state index contributed by atoms with van der Waals surface area (Å²) in [6, 6.07) is 7.09. The van der Waals surface area contributed by atoms with E-state index in [9.17, 15) is 9.90 Å². The lowest BCUT2D eigenvalue weighted by molar-refractivity contribution is 0.199. The normalized spacial score (nSPS) is 16.7. The Morgan fingerprint density at radius 2 is 1.95 bits per heavy atom. The molecule has 4 nitrogen and oxygen atoms in total. The first-order valence-electron chi connectivity index (χ1n) is 7.98. The van der Waals surface area contributed by atoms with Crippen molar-refractivity contribution < 1.29 is 9.90 Å². The summed E-state index contributed by atoms with van der Waals surface area (Å²) in [6.07, 6.45) is 7.28. The van der Waals surface area contributed by atoms with Gasteiger partial charge in [-0.1, -0.05) is 37.8 Å². The maximum absolute atomic E-state index is 11.8. The smallest absolute Gasteiger partial charge is 0.319 e. The van der Waals surface area contributed by atoms with Crippen LogP contribution >= 0.6 is 0 Å². The third kappa shape index (κ3) is 5.38. The molecule has 1 saturated carbocycles. The number of aliphatic hydroxyl groups is 1. The van der Waals surface area contributed by atoms with E-state index in [-0.39, 0.29) is 6.03 Å². The average molecular weight is 290 g/mol. The molecule has 1 unspecified atom stereocenters. The van der Waals surface area contributed by atoms with E-state index in [1.54, 1.807) is 19.1 Å². The Hall–Kier alpha value is -1.55. The zero-order chi connectivity index (χ0) is 15.1. The summed E-state index contributed by atoms with van der Waals surface area (Å²) < 4.78 is 0. The highest BCUT2D eigenvalue weighted by atomic mass is 16.3. The molecular formula is C17H26N2O2. The van der Waals surface area contributed by atoms with Crippen LogP contribution in [0.15, 0.2) is 24.3 Å². The average Bonchev–Trinajstić information content (AvgIpc) is 2.97. The van der Waals surface area contributed by atoms with Crippen LogP contribution in [0.4, 0.5) is 10.5 Å². The van der Waals surface area contributed by atoms with Crippen LogP contribution in [0, 0.1) is 5.92 Å². The number of aliphatic hydroxyl groups excluding tert-OH is 1. The number of carbonyl (C=O) groups is 1. The minimum Gasteiger partial charge on any atom is -0.389 e. The Kier molecular flexibility index (Phi) is 6.05. The molecule has 0 spiro atoms. The minimum absolute atomic E-state index is 0.161. The molecule has 1 aliphatic rings. The molecule has 2 rings (SSSR count). The van der Waals surface area contributed by atoms with Gasteiger partial charge in [-0.25, -0.2) is 4.79 Å². The highest BCUT2D eigenvalue weighted by Crippen LogP contribution is 2.28. The van der Waals surface area contributed by atoms with Gasteiger partial charge in [0.25, 0.3) is 0 Å². The lowest BCUT2D eigenvalue weighted by Gasteiger charge is -2.11. The number of rotatable bonds is 6. The van der Waals surface area contributed by atoms with Crippen molar-refractivity contribution in [3.63, 3.8) is 0 Å². The van der Waals surface area contributed by atoms with Gasteiger partial charge in [-0.3, -0.25) is 0 Å². The zero-order valence-electron chi connectivity index (χ0n) is 12.8. The summed E-state index contributed by atoms with van der Waals surface area (Å²) in [5, 5.41) is 15.1. The van der Waals surface area contributed by atoms with Crippen molar-refractivity contribution in [1.29, 1.82) is 0 Å². The van der Waals surface area contributed by atoms with Crippen LogP contribution in [0.25, 0.3) is 0 Å². The first-order chi connectivity index (χ1) is 10.1. The van der Waals surface area contributed by atoms with Crippen molar-refractivity contribution in [2.75, 3.05) is 11.9 Å². The van der Waals surface area contributed by atoms with Gasteiger partial charge in [0.05, 0.1) is 6.10 Å². The van der Waals surface area contributed by atoms with Crippen molar-refractivity contribution in [1.82, 2.24) is 5.32 Å². The molecule has 0 bridgehead atoms. The Morgan fingerprint density at radius 3 is 2.57 bits per heavy atom. The molecule has 0 radical (unpaired) electrons. The molecule has 1 atom stereocenters. The summed E-state index contributed by atoms with van der Waals surface area (Å²) in [4.78, 5) is 11.8. The fourth-order valence-corrected chi connectivity index (χ4v) is 2.91. The van der Waals surface area contributed by atoms with E-state index in [4.69, 9.17) is 0 Å². The second-order valence-electron chi connectivity index (χ2n) is 5.97. The second-order valence-corrected chi connectivity index (χ2v) is 5.97. The molecule has 4 heteroatoms. The number of urea groups is 1. The molecule has 116 valence electrons. The number of hydrogen-bond donors (Lipinski definition) is 3. The van der Waals surface area contributed by atoms with E-state index in [1.165, 1.54) is 32.1 Å². The van der Waals surface area contributed by atoms with Crippen LogP contribution in [0.3, 0.4) is 0 Å². The van der Waals surface area contributed by atoms with Crippen LogP contribution in [-0.2, 0) is 0 Å². The number of amides is 2. The Morgan fingerprint density at radius 1 is 1.29 bits per heavy atom. The van der Waals surface area contributed by atoms with E-state index in [1.807, 2.05) is 12.1 Å². The fourth-order valence-electron chi connectivity index (χ4n) is 2.91. The maximum Gasteiger partial charge on any atom is 0.319 e. The predicted molar refractivity (Wildman–Crippen MR) is 85.3 cm³/mol. The number of hydrogen-bond acceptors (Lipinski definition) is 2. The van der Waals surface area contributed by atoms with Gasteiger partial charge in [-0.15, -0.1) is 0 Å². The highest BCUT2D eigenvalue weighted by Gasteiger charge is 2.14. The molecule has 1 fully saturated rings. The van der Waals surface area contributed by atoms with Crippen LogP contribution in [-0.4, -0.2) is 17.7 Å². The number of carbonyl (C=O) groups excluding carboxylic acids is 1. The van der Waals surface area contributed by atoms with Gasteiger partial charge in [0.1, 0.15) is 0 Å². The summed E-state index contributed by atoms with van der Waals surface area (Å²) in [7, 11) is 0. The van der Waals surface area contributed by atoms with Crippen LogP contribution in [0.2, 0.25) is 0 Å². The third-order valence-corrected chi connectivity index (χ3v) is 4.20. The molecule has 0 aliphatic heterocycles. The first-order valence-corrected chi connectivity index (χ1v) is 7.98. The highest BCUT2D eigenvalue weighted by molar-refractivity contribution is 5.89. The first kappa shape index (κ1) is 15.8. The molecule has 0 aromatic heterocycles. The largest absolute Gasteiger partial charge is 0.389 e. The van der Waals surface area contributed by atoms with E-state index >= 15 is 0 Å². The lowest BCUT2D eigenvalue weighted by atomic mass is 10.0. The molecular weight excluding hydrogens is 264 g/mol. The minimum atomic E-state index is -0.483. The molecule has 2 amide bonds. The van der Waals surface area contributed by atoms with Crippen molar-refractivity contribution >= 4 is 11.7 Å². The van der Waals surface area contributed by atoms with Crippen LogP contribution in [0.1, 0.15) is 57.1 Å². The van der Waals surface area contributed by atoms with E-state index in [2.05, 4.69) is 10.6 Å². The van der Waals surface area contributed by atoms with Gasteiger partial charge in [0, 0.05) is 12.2 Å². The monoisotopic (exact) mass is 290 g/mol. The summed E-state index contributed by atoms with van der Waals surface area (Å²) in [6.45, 7) is 2.45. The molecule has 1 aromatic rings. The molecule has 1 aliphatic carbocycles. The Labute approximate surface area is 126 Å². The molecule has 1 aromatic carbocycles. The van der Waals surface area contributed by atoms with E-state index < -0.39 is 6.10 Å². The number of nitrogens with one attached hydrogen (secondary N) is 2. The summed E-state index contributed by atoms with van der Waals surface area (Å²) in [5.74, 6) is 0.878. The van der Waals surface area contributed by atoms with Crippen molar-refractivity contribution in [3.8, 4) is 0 Å². The van der Waals surface area contributed by atoms with Gasteiger partial charge < -0.3 is 15.7 Å². The van der Waals surface area contributed by atoms with Crippen LogP contribution in [0.5, 0.6) is 0 Å².